The van der Waals surface area contributed by atoms with Crippen LogP contribution in [0.1, 0.15) is 30.1 Å². The van der Waals surface area contributed by atoms with Gasteiger partial charge in [0, 0.05) is 29.9 Å². The maximum Gasteiger partial charge on any atom is 0.256 e. The smallest absolute Gasteiger partial charge is 0.256 e. The van der Waals surface area contributed by atoms with E-state index in [0.717, 1.165) is 4.47 Å². The predicted molar refractivity (Wildman–Crippen MR) is 83.7 cm³/mol. The third kappa shape index (κ3) is 3.52. The van der Waals surface area contributed by atoms with Gasteiger partial charge in [-0.15, -0.1) is 0 Å². The molecule has 1 aliphatic carbocycles. The molecule has 5 heteroatoms. The van der Waals surface area contributed by atoms with Crippen molar-refractivity contribution in [3.8, 4) is 0 Å². The molecule has 4 nitrogen and oxygen atoms in total. The fourth-order valence-electron chi connectivity index (χ4n) is 2.40. The molecule has 110 valence electrons. The molecule has 20 heavy (non-hydrogen) atoms. The number of hydrogen-bond donors (Lipinski definition) is 1. The van der Waals surface area contributed by atoms with Gasteiger partial charge >= 0.3 is 0 Å². The Kier molecular flexibility index (Phi) is 5.05. The Morgan fingerprint density at radius 3 is 2.80 bits per heavy atom. The molecule has 0 spiro atoms. The average molecular weight is 341 g/mol. The number of amides is 1. The summed E-state index contributed by atoms with van der Waals surface area (Å²) in [4.78, 5) is 14.6. The zero-order valence-corrected chi connectivity index (χ0v) is 13.5. The van der Waals surface area contributed by atoms with Crippen molar-refractivity contribution in [3.63, 3.8) is 0 Å². The summed E-state index contributed by atoms with van der Waals surface area (Å²) in [6, 6.07) is 5.63. The summed E-state index contributed by atoms with van der Waals surface area (Å²) in [6.45, 7) is 3.25. The van der Waals surface area contributed by atoms with Gasteiger partial charge in [0.1, 0.15) is 0 Å². The minimum absolute atomic E-state index is 0.00792. The molecule has 0 radical (unpaired) electrons. The lowest BCUT2D eigenvalue weighted by Crippen LogP contribution is -2.42. The second-order valence-electron chi connectivity index (χ2n) is 5.30. The van der Waals surface area contributed by atoms with Crippen molar-refractivity contribution in [2.24, 2.45) is 5.92 Å². The number of anilines is 1. The lowest BCUT2D eigenvalue weighted by atomic mass is 10.1. The predicted octanol–water partition coefficient (Wildman–Crippen LogP) is 2.92. The number of halogens is 1. The molecular weight excluding hydrogens is 320 g/mol. The fraction of sp³-hybridized carbons (Fsp3) is 0.533. The first-order valence-corrected chi connectivity index (χ1v) is 7.68. The van der Waals surface area contributed by atoms with Crippen LogP contribution in [-0.4, -0.2) is 37.1 Å². The van der Waals surface area contributed by atoms with Gasteiger partial charge < -0.3 is 15.4 Å². The van der Waals surface area contributed by atoms with E-state index in [4.69, 9.17) is 10.5 Å². The quantitative estimate of drug-likeness (QED) is 0.810. The van der Waals surface area contributed by atoms with Crippen LogP contribution in [0.2, 0.25) is 0 Å². The fourth-order valence-corrected chi connectivity index (χ4v) is 2.77. The third-order valence-electron chi connectivity index (χ3n) is 3.84. The second-order valence-corrected chi connectivity index (χ2v) is 6.22. The standard InChI is InChI=1S/C15H21BrN2O2/c1-10(11-3-4-11)18(7-8-20-2)15(19)13-6-5-12(16)9-14(13)17/h5-6,9-11H,3-4,7-8,17H2,1-2H3. The lowest BCUT2D eigenvalue weighted by molar-refractivity contribution is 0.0595. The third-order valence-corrected chi connectivity index (χ3v) is 4.33. The van der Waals surface area contributed by atoms with Crippen LogP contribution in [0, 0.1) is 5.92 Å². The molecule has 2 rings (SSSR count). The molecule has 0 saturated heterocycles. The van der Waals surface area contributed by atoms with Crippen LogP contribution >= 0.6 is 15.9 Å². The first-order chi connectivity index (χ1) is 9.54. The zero-order chi connectivity index (χ0) is 14.7. The summed E-state index contributed by atoms with van der Waals surface area (Å²) in [5.41, 5.74) is 7.05. The summed E-state index contributed by atoms with van der Waals surface area (Å²) in [5, 5.41) is 0. The highest BCUT2D eigenvalue weighted by Gasteiger charge is 2.34. The first kappa shape index (κ1) is 15.3. The van der Waals surface area contributed by atoms with E-state index in [1.54, 1.807) is 19.2 Å². The van der Waals surface area contributed by atoms with Crippen LogP contribution in [0.25, 0.3) is 0 Å². The van der Waals surface area contributed by atoms with E-state index in [1.165, 1.54) is 12.8 Å². The van der Waals surface area contributed by atoms with Crippen molar-refractivity contribution in [2.75, 3.05) is 26.0 Å². The van der Waals surface area contributed by atoms with Gasteiger partial charge in [0.05, 0.1) is 12.2 Å². The Labute approximate surface area is 128 Å². The van der Waals surface area contributed by atoms with Crippen LogP contribution in [0.5, 0.6) is 0 Å². The van der Waals surface area contributed by atoms with Gasteiger partial charge in [0.25, 0.3) is 5.91 Å². The van der Waals surface area contributed by atoms with E-state index < -0.39 is 0 Å². The molecule has 0 aliphatic heterocycles. The molecule has 1 saturated carbocycles. The van der Waals surface area contributed by atoms with Crippen LogP contribution in [-0.2, 0) is 4.74 Å². The molecule has 0 heterocycles. The maximum absolute atomic E-state index is 12.7. The van der Waals surface area contributed by atoms with Crippen molar-refractivity contribution in [1.82, 2.24) is 4.90 Å². The van der Waals surface area contributed by atoms with Crippen molar-refractivity contribution >= 4 is 27.5 Å². The monoisotopic (exact) mass is 340 g/mol. The number of nitrogen functional groups attached to an aromatic ring is 1. The van der Waals surface area contributed by atoms with Gasteiger partial charge in [0.2, 0.25) is 0 Å². The normalized spacial score (nSPS) is 15.9. The highest BCUT2D eigenvalue weighted by molar-refractivity contribution is 9.10. The molecule has 1 amide bonds. The molecule has 1 aromatic carbocycles. The van der Waals surface area contributed by atoms with E-state index in [9.17, 15) is 4.79 Å². The lowest BCUT2D eigenvalue weighted by Gasteiger charge is -2.29. The molecular formula is C15H21BrN2O2. The van der Waals surface area contributed by atoms with Gasteiger partial charge in [-0.25, -0.2) is 0 Å². The second kappa shape index (κ2) is 6.59. The van der Waals surface area contributed by atoms with Gasteiger partial charge in [-0.3, -0.25) is 4.79 Å². The van der Waals surface area contributed by atoms with Gasteiger partial charge in [-0.05, 0) is 43.9 Å². The number of hydrogen-bond acceptors (Lipinski definition) is 3. The Morgan fingerprint density at radius 2 is 2.25 bits per heavy atom. The molecule has 1 fully saturated rings. The van der Waals surface area contributed by atoms with E-state index in [-0.39, 0.29) is 11.9 Å². The summed E-state index contributed by atoms with van der Waals surface area (Å²) in [7, 11) is 1.65. The van der Waals surface area contributed by atoms with Crippen LogP contribution < -0.4 is 5.73 Å². The van der Waals surface area contributed by atoms with E-state index >= 15 is 0 Å². The van der Waals surface area contributed by atoms with Gasteiger partial charge in [-0.2, -0.15) is 0 Å². The summed E-state index contributed by atoms with van der Waals surface area (Å²) < 4.78 is 6.01. The number of methoxy groups -OCH3 is 1. The molecule has 1 aromatic rings. The van der Waals surface area contributed by atoms with Gasteiger partial charge in [-0.1, -0.05) is 15.9 Å². The Balaban J connectivity index is 2.20. The summed E-state index contributed by atoms with van der Waals surface area (Å²) in [5.74, 6) is 0.610. The average Bonchev–Trinajstić information content (AvgIpc) is 3.22. The number of nitrogens with two attached hydrogens (primary N) is 1. The topological polar surface area (TPSA) is 55.6 Å². The Morgan fingerprint density at radius 1 is 1.55 bits per heavy atom. The van der Waals surface area contributed by atoms with Crippen molar-refractivity contribution in [1.29, 1.82) is 0 Å². The number of carbonyl (C=O) groups excluding carboxylic acids is 1. The molecule has 1 aliphatic rings. The number of nitrogens with zero attached hydrogens (tertiary/aromatic N) is 1. The molecule has 0 bridgehead atoms. The summed E-state index contributed by atoms with van der Waals surface area (Å²) >= 11 is 3.36. The summed E-state index contributed by atoms with van der Waals surface area (Å²) in [6.07, 6.45) is 2.40. The first-order valence-electron chi connectivity index (χ1n) is 6.89. The molecule has 1 unspecified atom stereocenters. The van der Waals surface area contributed by atoms with E-state index in [2.05, 4.69) is 22.9 Å². The number of ether oxygens (including phenoxy) is 1. The van der Waals surface area contributed by atoms with Crippen molar-refractivity contribution in [3.05, 3.63) is 28.2 Å². The van der Waals surface area contributed by atoms with E-state index in [1.807, 2.05) is 11.0 Å². The zero-order valence-electron chi connectivity index (χ0n) is 11.9. The number of carbonyl (C=O) groups is 1. The largest absolute Gasteiger partial charge is 0.398 e. The minimum Gasteiger partial charge on any atom is -0.398 e. The Hall–Kier alpha value is -1.07. The number of rotatable bonds is 6. The number of benzene rings is 1. The van der Waals surface area contributed by atoms with Crippen molar-refractivity contribution in [2.45, 2.75) is 25.8 Å². The van der Waals surface area contributed by atoms with E-state index in [0.29, 0.717) is 30.3 Å². The maximum atomic E-state index is 12.7. The highest BCUT2D eigenvalue weighted by atomic mass is 79.9. The van der Waals surface area contributed by atoms with Crippen molar-refractivity contribution < 1.29 is 9.53 Å². The molecule has 0 aromatic heterocycles. The molecule has 2 N–H and O–H groups in total. The van der Waals surface area contributed by atoms with Crippen LogP contribution in [0.4, 0.5) is 5.69 Å². The van der Waals surface area contributed by atoms with Crippen LogP contribution in [0.3, 0.4) is 0 Å². The van der Waals surface area contributed by atoms with Crippen LogP contribution in [0.15, 0.2) is 22.7 Å². The van der Waals surface area contributed by atoms with Gasteiger partial charge in [0.15, 0.2) is 0 Å². The Bertz CT molecular complexity index is 489. The SMILES string of the molecule is COCCN(C(=O)c1ccc(Br)cc1N)C(C)C1CC1. The highest BCUT2D eigenvalue weighted by Crippen LogP contribution is 2.36. The molecule has 1 atom stereocenters. The minimum atomic E-state index is -0.00792.